The summed E-state index contributed by atoms with van der Waals surface area (Å²) in [6.45, 7) is -0.173. The van der Waals surface area contributed by atoms with E-state index in [1.807, 2.05) is 30.3 Å². The number of carbonyl (C=O) groups excluding carboxylic acids is 3. The first kappa shape index (κ1) is 25.7. The second kappa shape index (κ2) is 12.2. The highest BCUT2D eigenvalue weighted by atomic mass is 35.5. The van der Waals surface area contributed by atoms with Gasteiger partial charge >= 0.3 is 12.1 Å². The minimum Gasteiger partial charge on any atom is -0.369 e. The highest BCUT2D eigenvalue weighted by Crippen LogP contribution is 2.23. The number of halogens is 4. The second-order valence-electron chi connectivity index (χ2n) is 6.17. The molecule has 0 fully saturated rings. The number of hydrogen-bond donors (Lipinski definition) is 3. The number of rotatable bonds is 10. The number of unbranched alkanes of at least 4 members (excludes halogenated alkanes) is 1. The van der Waals surface area contributed by atoms with Crippen molar-refractivity contribution >= 4 is 30.1 Å². The van der Waals surface area contributed by atoms with E-state index in [9.17, 15) is 27.6 Å². The summed E-state index contributed by atoms with van der Waals surface area (Å²) in [5, 5.41) is 4.29. The average molecular weight is 424 g/mol. The summed E-state index contributed by atoms with van der Waals surface area (Å²) >= 11 is 0. The first-order chi connectivity index (χ1) is 12.7. The van der Waals surface area contributed by atoms with Crippen LogP contribution in [0.15, 0.2) is 30.3 Å². The fourth-order valence-corrected chi connectivity index (χ4v) is 2.80. The van der Waals surface area contributed by atoms with Crippen molar-refractivity contribution in [1.29, 1.82) is 0 Å². The van der Waals surface area contributed by atoms with E-state index >= 15 is 0 Å². The monoisotopic (exact) mass is 423 g/mol. The molecule has 0 aliphatic heterocycles. The minimum absolute atomic E-state index is 0. The molecule has 0 aliphatic rings. The first-order valence-electron chi connectivity index (χ1n) is 8.56. The number of amides is 3. The molecule has 0 aliphatic carbocycles. The Kier molecular flexibility index (Phi) is 11.2. The molecule has 0 heterocycles. The topological polar surface area (TPSA) is 101 Å². The summed E-state index contributed by atoms with van der Waals surface area (Å²) in [7, 11) is 1.46. The van der Waals surface area contributed by atoms with Gasteiger partial charge in [-0.3, -0.25) is 14.4 Å². The van der Waals surface area contributed by atoms with Gasteiger partial charge in [-0.1, -0.05) is 36.8 Å². The molecule has 6 nitrogen and oxygen atoms in total. The molecule has 0 saturated heterocycles. The molecule has 1 unspecified atom stereocenters. The van der Waals surface area contributed by atoms with E-state index in [0.717, 1.165) is 5.56 Å². The van der Waals surface area contributed by atoms with E-state index in [4.69, 9.17) is 5.73 Å². The van der Waals surface area contributed by atoms with Crippen LogP contribution < -0.4 is 16.4 Å². The molecule has 10 heteroatoms. The number of benzene rings is 1. The lowest BCUT2D eigenvalue weighted by molar-refractivity contribution is -0.173. The van der Waals surface area contributed by atoms with Gasteiger partial charge in [0.15, 0.2) is 0 Å². The highest BCUT2D eigenvalue weighted by Gasteiger charge is 2.38. The SMILES string of the molecule is CNC(=O)[C@@H](Cc1ccccc1)C(CCCCNC(=O)C(F)(F)F)C(N)=O.Cl. The van der Waals surface area contributed by atoms with Crippen LogP contribution in [0.4, 0.5) is 13.2 Å². The van der Waals surface area contributed by atoms with Gasteiger partial charge in [0.05, 0.1) is 5.92 Å². The molecule has 1 aromatic carbocycles. The van der Waals surface area contributed by atoms with E-state index in [2.05, 4.69) is 5.32 Å². The van der Waals surface area contributed by atoms with Gasteiger partial charge in [-0.25, -0.2) is 0 Å². The Morgan fingerprint density at radius 3 is 2.18 bits per heavy atom. The van der Waals surface area contributed by atoms with Crippen molar-refractivity contribution in [3.8, 4) is 0 Å². The van der Waals surface area contributed by atoms with Crippen molar-refractivity contribution in [3.63, 3.8) is 0 Å². The summed E-state index contributed by atoms with van der Waals surface area (Å²) in [5.41, 5.74) is 6.34. The molecule has 158 valence electrons. The molecule has 3 amide bonds. The maximum atomic E-state index is 12.2. The summed E-state index contributed by atoms with van der Waals surface area (Å²) < 4.78 is 36.3. The molecule has 0 bridgehead atoms. The Balaban J connectivity index is 0.00000729. The Bertz CT molecular complexity index is 642. The van der Waals surface area contributed by atoms with Crippen molar-refractivity contribution < 1.29 is 27.6 Å². The smallest absolute Gasteiger partial charge is 0.369 e. The van der Waals surface area contributed by atoms with Gasteiger partial charge in [0.25, 0.3) is 0 Å². The zero-order valence-electron chi connectivity index (χ0n) is 15.4. The summed E-state index contributed by atoms with van der Waals surface area (Å²) in [6.07, 6.45) is -3.79. The Hall–Kier alpha value is -2.29. The molecule has 0 spiro atoms. The Labute approximate surface area is 167 Å². The molecule has 2 atom stereocenters. The van der Waals surface area contributed by atoms with Crippen molar-refractivity contribution in [2.75, 3.05) is 13.6 Å². The van der Waals surface area contributed by atoms with Crippen LogP contribution in [0.25, 0.3) is 0 Å². The lowest BCUT2D eigenvalue weighted by atomic mass is 9.82. The zero-order valence-corrected chi connectivity index (χ0v) is 16.2. The third-order valence-electron chi connectivity index (χ3n) is 4.22. The van der Waals surface area contributed by atoms with Crippen LogP contribution in [-0.4, -0.2) is 37.5 Å². The normalized spacial score (nSPS) is 13.0. The number of nitrogens with two attached hydrogens (primary N) is 1. The molecule has 0 radical (unpaired) electrons. The Morgan fingerprint density at radius 1 is 1.07 bits per heavy atom. The van der Waals surface area contributed by atoms with Gasteiger partial charge in [0.1, 0.15) is 0 Å². The van der Waals surface area contributed by atoms with Crippen molar-refractivity contribution in [2.24, 2.45) is 17.6 Å². The van der Waals surface area contributed by atoms with Crippen LogP contribution >= 0.6 is 12.4 Å². The highest BCUT2D eigenvalue weighted by molar-refractivity contribution is 5.87. The van der Waals surface area contributed by atoms with E-state index in [-0.39, 0.29) is 37.7 Å². The molecule has 28 heavy (non-hydrogen) atoms. The number of nitrogens with one attached hydrogen (secondary N) is 2. The largest absolute Gasteiger partial charge is 0.471 e. The number of hydrogen-bond acceptors (Lipinski definition) is 3. The van der Waals surface area contributed by atoms with Crippen LogP contribution in [0.2, 0.25) is 0 Å². The molecule has 4 N–H and O–H groups in total. The van der Waals surface area contributed by atoms with Crippen LogP contribution in [0.1, 0.15) is 24.8 Å². The second-order valence-corrected chi connectivity index (χ2v) is 6.17. The minimum atomic E-state index is -4.92. The lowest BCUT2D eigenvalue weighted by Crippen LogP contribution is -2.40. The van der Waals surface area contributed by atoms with Crippen molar-refractivity contribution in [3.05, 3.63) is 35.9 Å². The van der Waals surface area contributed by atoms with Crippen LogP contribution in [-0.2, 0) is 20.8 Å². The number of carbonyl (C=O) groups is 3. The maximum Gasteiger partial charge on any atom is 0.471 e. The van der Waals surface area contributed by atoms with E-state index < -0.39 is 29.8 Å². The van der Waals surface area contributed by atoms with Crippen molar-refractivity contribution in [1.82, 2.24) is 10.6 Å². The average Bonchev–Trinajstić information content (AvgIpc) is 2.62. The standard InChI is InChI=1S/C18H24F3N3O3.ClH/c1-23-16(26)14(11-12-7-3-2-4-8-12)13(15(22)25)9-5-6-10-24-17(27)18(19,20)21;/h2-4,7-8,13-14H,5-6,9-11H2,1H3,(H2,22,25)(H,23,26)(H,24,27);1H/t13?,14-;/m0./s1. The molecule has 1 rings (SSSR count). The third kappa shape index (κ3) is 8.60. The molecule has 0 saturated carbocycles. The van der Waals surface area contributed by atoms with Gasteiger partial charge < -0.3 is 16.4 Å². The van der Waals surface area contributed by atoms with Gasteiger partial charge in [-0.15, -0.1) is 12.4 Å². The van der Waals surface area contributed by atoms with Crippen LogP contribution in [0.3, 0.4) is 0 Å². The van der Waals surface area contributed by atoms with Gasteiger partial charge in [-0.2, -0.15) is 13.2 Å². The molecule has 0 aromatic heterocycles. The lowest BCUT2D eigenvalue weighted by Gasteiger charge is -2.23. The number of alkyl halides is 3. The third-order valence-corrected chi connectivity index (χ3v) is 4.22. The van der Waals surface area contributed by atoms with Crippen molar-refractivity contribution in [2.45, 2.75) is 31.9 Å². The first-order valence-corrected chi connectivity index (χ1v) is 8.56. The fourth-order valence-electron chi connectivity index (χ4n) is 2.80. The summed E-state index contributed by atoms with van der Waals surface area (Å²) in [4.78, 5) is 34.9. The van der Waals surface area contributed by atoms with E-state index in [1.165, 1.54) is 7.05 Å². The number of primary amides is 1. The molecular weight excluding hydrogens is 399 g/mol. The van der Waals surface area contributed by atoms with E-state index in [0.29, 0.717) is 12.8 Å². The van der Waals surface area contributed by atoms with Gasteiger partial charge in [0.2, 0.25) is 11.8 Å². The van der Waals surface area contributed by atoms with Crippen LogP contribution in [0.5, 0.6) is 0 Å². The predicted molar refractivity (Wildman–Crippen MR) is 101 cm³/mol. The fraction of sp³-hybridized carbons (Fsp3) is 0.500. The van der Waals surface area contributed by atoms with Gasteiger partial charge in [0, 0.05) is 19.5 Å². The molecule has 1 aromatic rings. The summed E-state index contributed by atoms with van der Waals surface area (Å²) in [6, 6.07) is 9.14. The van der Waals surface area contributed by atoms with Gasteiger partial charge in [-0.05, 0) is 24.8 Å². The quantitative estimate of drug-likeness (QED) is 0.501. The van der Waals surface area contributed by atoms with E-state index in [1.54, 1.807) is 5.32 Å². The molecular formula is C18H25ClF3N3O3. The Morgan fingerprint density at radius 2 is 1.68 bits per heavy atom. The predicted octanol–water partition coefficient (Wildman–Crippen LogP) is 1.96. The van der Waals surface area contributed by atoms with Crippen LogP contribution in [0, 0.1) is 11.8 Å². The summed E-state index contributed by atoms with van der Waals surface area (Å²) in [5.74, 6) is -4.41. The maximum absolute atomic E-state index is 12.2. The zero-order chi connectivity index (χ0) is 20.4.